The average Bonchev–Trinajstić information content (AvgIpc) is 1.11. The van der Waals surface area contributed by atoms with Crippen molar-refractivity contribution in [3.8, 4) is 11.5 Å². The van der Waals surface area contributed by atoms with E-state index in [0.29, 0.717) is 39.2 Å². The van der Waals surface area contributed by atoms with Crippen LogP contribution in [0.15, 0.2) is 97.3 Å². The minimum absolute atomic E-state index is 0.0120. The summed E-state index contributed by atoms with van der Waals surface area (Å²) in [5.74, 6) is -11.6. The minimum atomic E-state index is -1.91. The van der Waals surface area contributed by atoms with Crippen LogP contribution in [0.4, 0.5) is 0 Å². The quantitative estimate of drug-likeness (QED) is 0.0711. The summed E-state index contributed by atoms with van der Waals surface area (Å²) in [6, 6.07) is 7.57. The van der Waals surface area contributed by atoms with Crippen molar-refractivity contribution in [2.45, 2.75) is 236 Å². The van der Waals surface area contributed by atoms with Crippen molar-refractivity contribution in [3.05, 3.63) is 125 Å². The molecule has 2 aromatic heterocycles. The van der Waals surface area contributed by atoms with Gasteiger partial charge in [0.15, 0.2) is 0 Å². The second-order valence-corrected chi connectivity index (χ2v) is 33.0. The second-order valence-electron chi connectivity index (χ2n) is 30.9. The Labute approximate surface area is 671 Å². The van der Waals surface area contributed by atoms with E-state index in [-0.39, 0.29) is 87.3 Å². The number of aliphatic hydroxyl groups is 2. The number of pyridine rings is 1. The van der Waals surface area contributed by atoms with E-state index in [1.165, 1.54) is 99.4 Å². The zero-order valence-corrected chi connectivity index (χ0v) is 68.2. The molecule has 5 aromatic rings. The van der Waals surface area contributed by atoms with E-state index in [0.717, 1.165) is 11.1 Å². The first-order valence-corrected chi connectivity index (χ1v) is 40.6. The van der Waals surface area contributed by atoms with Gasteiger partial charge < -0.3 is 94.5 Å². The van der Waals surface area contributed by atoms with Gasteiger partial charge >= 0.3 is 0 Å². The first-order valence-electron chi connectivity index (χ1n) is 38.3. The summed E-state index contributed by atoms with van der Waals surface area (Å²) in [7, 11) is 0. The van der Waals surface area contributed by atoms with Crippen molar-refractivity contribution in [1.29, 1.82) is 0 Å². The highest BCUT2D eigenvalue weighted by atomic mass is 32.2. The van der Waals surface area contributed by atoms with E-state index >= 15 is 14.4 Å². The largest absolute Gasteiger partial charge is 0.508 e. The Bertz CT molecular complexity index is 4240. The molecule has 620 valence electrons. The smallest absolute Gasteiger partial charge is 0.246 e. The summed E-state index contributed by atoms with van der Waals surface area (Å²) in [5.41, 5.74) is 4.45. The van der Waals surface area contributed by atoms with Crippen LogP contribution < -0.4 is 64.2 Å². The van der Waals surface area contributed by atoms with Crippen LogP contribution in [0.1, 0.15) is 149 Å². The van der Waals surface area contributed by atoms with Crippen molar-refractivity contribution in [2.75, 3.05) is 18.1 Å². The lowest BCUT2D eigenvalue weighted by Gasteiger charge is -2.37. The molecule has 13 amide bonds. The number of rotatable bonds is 15. The number of fused-ring (bicyclic) bond motifs is 4. The molecule has 0 spiro atoms. The molecule has 1 saturated heterocycles. The summed E-state index contributed by atoms with van der Waals surface area (Å²) in [4.78, 5) is 198. The molecule has 2 bridgehead atoms. The van der Waals surface area contributed by atoms with E-state index in [9.17, 15) is 68.4 Å². The number of benzene rings is 3. The molecule has 18 N–H and O–H groups in total. The number of carbonyl (C=O) groups is 13. The van der Waals surface area contributed by atoms with Crippen LogP contribution in [-0.2, 0) is 93.1 Å². The molecular weight excluding hydrogens is 1510 g/mol. The molecule has 4 heterocycles. The number of nitrogens with one attached hydrogen (secondary N) is 12. The summed E-state index contributed by atoms with van der Waals surface area (Å²) in [6.45, 7) is 18.2. The number of aromatic amines is 1. The van der Waals surface area contributed by atoms with Gasteiger partial charge in [0, 0.05) is 73.5 Å². The van der Waals surface area contributed by atoms with E-state index < -0.39 is 172 Å². The van der Waals surface area contributed by atoms with Gasteiger partial charge in [0.05, 0.1) is 12.2 Å². The molecule has 7 rings (SSSR count). The summed E-state index contributed by atoms with van der Waals surface area (Å²) >= 11 is 2.52. The Kier molecular flexibility index (Phi) is 32.8. The number of primary amides is 1. The summed E-state index contributed by atoms with van der Waals surface area (Å²) < 4.78 is 0. The minimum Gasteiger partial charge on any atom is -0.508 e. The lowest BCUT2D eigenvalue weighted by molar-refractivity contribution is -0.143. The average molecular weight is 1620 g/mol. The summed E-state index contributed by atoms with van der Waals surface area (Å²) in [5, 5.41) is 73.4. The number of nitrogens with two attached hydrogens (primary N) is 1. The highest BCUT2D eigenvalue weighted by Crippen LogP contribution is 2.28. The number of aromatic hydroxyl groups is 2. The Morgan fingerprint density at radius 1 is 0.632 bits per heavy atom. The SMILES string of the molecule is CCCC1(CCC)NC(=O)[C@H](Cc2c[nH]c3ncccc23)NC(=O)[C@H]([C@@H](C)O)NC(=O)[C@@H]2CCCN2C(=O)[C@H](Cc2ccc(O)cc2)NC(=O)[C@H](C(C)(C)C)NC(=O)[C@@H](NC(C)=O)CSCc2cccc(c2)CSC[C@H](C(N)=O)NC(=O)[C@H]([C@@H](C)O)NC(=O)[C@](C)(C(C)C)NC(=O)[C@H](Cc2ccc(O)cc2)NC(=O)[C@H](C)NC1=O. The lowest BCUT2D eigenvalue weighted by Crippen LogP contribution is -2.67. The van der Waals surface area contributed by atoms with Crippen LogP contribution in [0, 0.1) is 11.3 Å². The van der Waals surface area contributed by atoms with Crippen LogP contribution in [0.25, 0.3) is 11.0 Å². The third-order valence-electron chi connectivity index (χ3n) is 20.3. The molecule has 0 aliphatic carbocycles. The van der Waals surface area contributed by atoms with Crippen molar-refractivity contribution >= 4 is 111 Å². The molecule has 0 unspecified atom stereocenters. The number of thioether (sulfide) groups is 2. The predicted octanol–water partition coefficient (Wildman–Crippen LogP) is 1.86. The first-order chi connectivity index (χ1) is 53.8. The van der Waals surface area contributed by atoms with Crippen LogP contribution in [0.5, 0.6) is 11.5 Å². The van der Waals surface area contributed by atoms with Crippen LogP contribution in [-0.4, -0.2) is 214 Å². The third kappa shape index (κ3) is 24.8. The monoisotopic (exact) mass is 1620 g/mol. The fourth-order valence-electron chi connectivity index (χ4n) is 13.5. The highest BCUT2D eigenvalue weighted by Gasteiger charge is 2.47. The Morgan fingerprint density at radius 2 is 1.18 bits per heavy atom. The number of aromatic nitrogens is 2. The van der Waals surface area contributed by atoms with Gasteiger partial charge in [-0.1, -0.05) is 110 Å². The Balaban J connectivity index is 1.27. The molecule has 114 heavy (non-hydrogen) atoms. The fourth-order valence-corrected chi connectivity index (χ4v) is 15.6. The zero-order chi connectivity index (χ0) is 84.1. The van der Waals surface area contributed by atoms with Gasteiger partial charge in [0.25, 0.3) is 0 Å². The second kappa shape index (κ2) is 41.1. The summed E-state index contributed by atoms with van der Waals surface area (Å²) in [6.07, 6.45) is -0.0136. The number of carbonyl (C=O) groups excluding carboxylic acids is 13. The fraction of sp³-hybridized carbons (Fsp3) is 0.525. The van der Waals surface area contributed by atoms with Gasteiger partial charge in [0.1, 0.15) is 88.6 Å². The van der Waals surface area contributed by atoms with Crippen LogP contribution in [0.3, 0.4) is 0 Å². The number of phenolic OH excluding ortho intramolecular Hbond substituents is 2. The number of amides is 13. The van der Waals surface area contributed by atoms with Gasteiger partial charge in [-0.25, -0.2) is 4.98 Å². The molecule has 0 radical (unpaired) electrons. The molecule has 32 nitrogen and oxygen atoms in total. The molecule has 34 heteroatoms. The molecule has 3 aromatic carbocycles. The molecule has 2 aliphatic rings. The maximum absolute atomic E-state index is 15.4. The number of aliphatic hydroxyl groups excluding tert-OH is 2. The lowest BCUT2D eigenvalue weighted by atomic mass is 9.85. The van der Waals surface area contributed by atoms with E-state index in [2.05, 4.69) is 68.5 Å². The number of hydrogen-bond donors (Lipinski definition) is 17. The van der Waals surface area contributed by atoms with Gasteiger partial charge in [0.2, 0.25) is 76.8 Å². The maximum Gasteiger partial charge on any atom is 0.246 e. The molecule has 13 atom stereocenters. The highest BCUT2D eigenvalue weighted by molar-refractivity contribution is 7.98. The van der Waals surface area contributed by atoms with Gasteiger partial charge in [-0.3, -0.25) is 62.3 Å². The topological polar surface area (TPSA) is 493 Å². The number of nitrogens with zero attached hydrogens (tertiary/aromatic N) is 2. The first kappa shape index (κ1) is 90.9. The number of H-pyrrole nitrogens is 1. The van der Waals surface area contributed by atoms with Crippen molar-refractivity contribution in [1.82, 2.24) is 73.4 Å². The van der Waals surface area contributed by atoms with Gasteiger partial charge in [-0.05, 0) is 129 Å². The Hall–Kier alpha value is -10.3. The third-order valence-corrected chi connectivity index (χ3v) is 22.5. The van der Waals surface area contributed by atoms with E-state index in [4.69, 9.17) is 5.73 Å². The number of phenols is 2. The van der Waals surface area contributed by atoms with Gasteiger partial charge in [-0.15, -0.1) is 0 Å². The van der Waals surface area contributed by atoms with Gasteiger partial charge in [-0.2, -0.15) is 23.5 Å². The molecular formula is C80H111N15O17S2. The number of hydrogen-bond acceptors (Lipinski definition) is 20. The van der Waals surface area contributed by atoms with E-state index in [1.807, 2.05) is 18.2 Å². The van der Waals surface area contributed by atoms with Crippen molar-refractivity contribution in [2.24, 2.45) is 17.1 Å². The van der Waals surface area contributed by atoms with Crippen LogP contribution in [0.2, 0.25) is 0 Å². The Morgan fingerprint density at radius 3 is 1.74 bits per heavy atom. The molecule has 0 saturated carbocycles. The maximum atomic E-state index is 15.4. The van der Waals surface area contributed by atoms with E-state index in [1.54, 1.807) is 91.2 Å². The normalized spacial score (nSPS) is 25.1. The molecule has 2 aliphatic heterocycles. The standard InChI is InChI=1S/C80H111N15O17S2/c1-13-30-80(31-14-2)77(112)84-44(5)67(102)86-56(35-48-22-26-53(99)27-23-48)69(104)93-79(12,43(3)4)76(111)91-63(46(7)97)73(108)89-59(65(81)101)41-113-39-50-18-15-19-51(34-50)40-114-42-60(85-47(8)98)68(103)92-64(78(9,10)11)74(109)88-58(36-49-24-28-54(100)29-25-49)75(110)95-33-17-21-61(95)71(106)90-62(45(6)96)72(107)87-57(70(105)94-80)37-52-38-83-66-55(52)20-16-32-82-66/h15-16,18-20,22-29,32,34,38,43-46,56-64,96-97,99-100H,13-14,17,21,30-31,33,35-37,39-42H2,1-12H3,(H2,81,101)(H,82,83)(H,84,112)(H,85,98)(H,86,102)(H,87,107)(H,88,109)(H,89,108)(H,90,106)(H,91,111)(H,92,103)(H,93,104)(H,94,105)/t44-,45+,46+,56-,57-,58-,59+,60-,61-,62-,63-,64+,79-/m0/s1. The predicted molar refractivity (Wildman–Crippen MR) is 430 cm³/mol. The van der Waals surface area contributed by atoms with Crippen molar-refractivity contribution < 1.29 is 82.8 Å². The zero-order valence-electron chi connectivity index (χ0n) is 66.5. The van der Waals surface area contributed by atoms with Crippen LogP contribution >= 0.6 is 23.5 Å². The van der Waals surface area contributed by atoms with Crippen molar-refractivity contribution in [3.63, 3.8) is 0 Å². The molecule has 1 fully saturated rings.